The van der Waals surface area contributed by atoms with Crippen molar-refractivity contribution in [2.45, 2.75) is 44.8 Å². The largest absolute Gasteiger partial charge is 0.431 e. The number of rotatable bonds is 5. The highest BCUT2D eigenvalue weighted by molar-refractivity contribution is 5.64. The summed E-state index contributed by atoms with van der Waals surface area (Å²) >= 11 is 0. The molecule has 8 heteroatoms. The molecule has 0 radical (unpaired) electrons. The summed E-state index contributed by atoms with van der Waals surface area (Å²) in [4.78, 5) is 13.1. The molecule has 2 aliphatic carbocycles. The highest BCUT2D eigenvalue weighted by Crippen LogP contribution is 2.62. The summed E-state index contributed by atoms with van der Waals surface area (Å²) in [5.41, 5.74) is 7.72. The lowest BCUT2D eigenvalue weighted by molar-refractivity contribution is -0.0494. The van der Waals surface area contributed by atoms with Gasteiger partial charge in [-0.25, -0.2) is 15.0 Å². The van der Waals surface area contributed by atoms with E-state index in [2.05, 4.69) is 19.7 Å². The quantitative estimate of drug-likeness (QED) is 0.849. The van der Waals surface area contributed by atoms with Crippen LogP contribution in [0, 0.1) is 11.8 Å². The van der Waals surface area contributed by atoms with Crippen LogP contribution in [0.1, 0.15) is 37.2 Å². The normalized spacial score (nSPS) is 26.8. The Hall–Kier alpha value is -2.35. The van der Waals surface area contributed by atoms with Gasteiger partial charge in [-0.15, -0.1) is 0 Å². The molecule has 0 bridgehead atoms. The Balaban J connectivity index is 1.68. The molecule has 2 saturated carbocycles. The number of ether oxygens (including phenoxy) is 1. The van der Waals surface area contributed by atoms with Gasteiger partial charge >= 0.3 is 6.61 Å². The minimum absolute atomic E-state index is 0.0928. The number of aromatic nitrogens is 3. The number of hydrogen-bond acceptors (Lipinski definition) is 6. The fraction of sp³-hybridized carbons (Fsp3) is 0.500. The third-order valence-electron chi connectivity index (χ3n) is 5.26. The van der Waals surface area contributed by atoms with Gasteiger partial charge in [0.2, 0.25) is 0 Å². The molecule has 2 aromatic heterocycles. The van der Waals surface area contributed by atoms with Crippen molar-refractivity contribution in [2.75, 3.05) is 5.73 Å². The third kappa shape index (κ3) is 3.09. The topological polar surface area (TPSA) is 94.2 Å². The summed E-state index contributed by atoms with van der Waals surface area (Å²) in [6.07, 6.45) is 3.58. The highest BCUT2D eigenvalue weighted by Gasteiger charge is 2.57. The molecule has 138 valence electrons. The first-order chi connectivity index (χ1) is 12.5. The standard InChI is InChI=1S/C18H20F2N4O2/c1-2-15-23-12(8-3-14(26-18(19)20)17(21)22-7-8)6-13(24-15)16-10-4-9(25)5-11(10)16/h3,6-7,9-11,16,18,25H,2,4-5H2,1H3,(H2,21,22)/t9?,10-,11+,16+. The SMILES string of the molecule is CCc1nc(-c2cnc(N)c(OC(F)F)c2)cc([C@H]2[C@@H]3CC(O)C[C@@H]32)n1. The number of halogens is 2. The molecule has 26 heavy (non-hydrogen) atoms. The van der Waals surface area contributed by atoms with E-state index in [1.54, 1.807) is 0 Å². The van der Waals surface area contributed by atoms with Gasteiger partial charge in [0.15, 0.2) is 11.6 Å². The molecule has 0 spiro atoms. The molecular weight excluding hydrogens is 342 g/mol. The van der Waals surface area contributed by atoms with E-state index in [0.29, 0.717) is 41.3 Å². The Morgan fingerprint density at radius 3 is 2.65 bits per heavy atom. The van der Waals surface area contributed by atoms with Gasteiger partial charge in [0.1, 0.15) is 5.82 Å². The fourth-order valence-electron chi connectivity index (χ4n) is 4.03. The maximum absolute atomic E-state index is 12.5. The number of anilines is 1. The molecule has 2 aliphatic rings. The molecule has 2 aromatic rings. The number of nitrogen functional groups attached to an aromatic ring is 1. The predicted molar refractivity (Wildman–Crippen MR) is 90.6 cm³/mol. The van der Waals surface area contributed by atoms with Crippen LogP contribution in [0.25, 0.3) is 11.3 Å². The van der Waals surface area contributed by atoms with Gasteiger partial charge in [0.25, 0.3) is 0 Å². The van der Waals surface area contributed by atoms with E-state index in [4.69, 9.17) is 5.73 Å². The van der Waals surface area contributed by atoms with Crippen LogP contribution in [0.5, 0.6) is 5.75 Å². The summed E-state index contributed by atoms with van der Waals surface area (Å²) in [5, 5.41) is 9.73. The van der Waals surface area contributed by atoms with E-state index in [1.807, 2.05) is 13.0 Å². The molecule has 0 amide bonds. The van der Waals surface area contributed by atoms with Crippen molar-refractivity contribution in [2.24, 2.45) is 11.8 Å². The van der Waals surface area contributed by atoms with Crippen molar-refractivity contribution >= 4 is 5.82 Å². The number of aliphatic hydroxyl groups is 1. The van der Waals surface area contributed by atoms with Gasteiger partial charge in [-0.2, -0.15) is 8.78 Å². The zero-order chi connectivity index (χ0) is 18.4. The molecular formula is C18H20F2N4O2. The predicted octanol–water partition coefficient (Wildman–Crippen LogP) is 2.77. The monoisotopic (exact) mass is 362 g/mol. The molecule has 0 saturated heterocycles. The lowest BCUT2D eigenvalue weighted by atomic mass is 10.0. The van der Waals surface area contributed by atoms with Crippen molar-refractivity contribution < 1.29 is 18.6 Å². The van der Waals surface area contributed by atoms with Gasteiger partial charge in [-0.1, -0.05) is 6.92 Å². The van der Waals surface area contributed by atoms with Crippen molar-refractivity contribution in [1.82, 2.24) is 15.0 Å². The second-order valence-corrected chi connectivity index (χ2v) is 6.91. The third-order valence-corrected chi connectivity index (χ3v) is 5.26. The van der Waals surface area contributed by atoms with Gasteiger partial charge in [0.05, 0.1) is 11.8 Å². The second kappa shape index (κ2) is 6.42. The van der Waals surface area contributed by atoms with Crippen LogP contribution < -0.4 is 10.5 Å². The van der Waals surface area contributed by atoms with Crippen LogP contribution in [0.2, 0.25) is 0 Å². The van der Waals surface area contributed by atoms with Gasteiger partial charge in [0, 0.05) is 29.8 Å². The molecule has 2 heterocycles. The maximum atomic E-state index is 12.5. The summed E-state index contributed by atoms with van der Waals surface area (Å²) in [6, 6.07) is 3.31. The first kappa shape index (κ1) is 17.1. The lowest BCUT2D eigenvalue weighted by Crippen LogP contribution is -2.08. The molecule has 1 unspecified atom stereocenters. The van der Waals surface area contributed by atoms with E-state index < -0.39 is 6.61 Å². The van der Waals surface area contributed by atoms with Crippen molar-refractivity contribution in [3.63, 3.8) is 0 Å². The number of pyridine rings is 1. The number of hydrogen-bond donors (Lipinski definition) is 2. The summed E-state index contributed by atoms with van der Waals surface area (Å²) in [6.45, 7) is -1.01. The first-order valence-corrected chi connectivity index (χ1v) is 8.73. The Labute approximate surface area is 149 Å². The first-order valence-electron chi connectivity index (χ1n) is 8.73. The van der Waals surface area contributed by atoms with Crippen molar-refractivity contribution in [3.8, 4) is 17.0 Å². The van der Waals surface area contributed by atoms with Crippen LogP contribution in [-0.4, -0.2) is 32.8 Å². The van der Waals surface area contributed by atoms with Gasteiger partial charge < -0.3 is 15.6 Å². The lowest BCUT2D eigenvalue weighted by Gasteiger charge is -2.12. The minimum Gasteiger partial charge on any atom is -0.431 e. The van der Waals surface area contributed by atoms with E-state index in [1.165, 1.54) is 12.3 Å². The molecule has 4 atom stereocenters. The Kier molecular flexibility index (Phi) is 4.22. The average Bonchev–Trinajstić information content (AvgIpc) is 3.12. The van der Waals surface area contributed by atoms with Gasteiger partial charge in [-0.3, -0.25) is 0 Å². The van der Waals surface area contributed by atoms with Crippen LogP contribution >= 0.6 is 0 Å². The average molecular weight is 362 g/mol. The fourth-order valence-corrected chi connectivity index (χ4v) is 4.03. The van der Waals surface area contributed by atoms with Crippen molar-refractivity contribution in [1.29, 1.82) is 0 Å². The number of fused-ring (bicyclic) bond motifs is 1. The molecule has 4 rings (SSSR count). The van der Waals surface area contributed by atoms with Gasteiger partial charge in [-0.05, 0) is 36.8 Å². The summed E-state index contributed by atoms with van der Waals surface area (Å²) in [5.74, 6) is 1.71. The van der Waals surface area contributed by atoms with Crippen LogP contribution in [-0.2, 0) is 6.42 Å². The highest BCUT2D eigenvalue weighted by atomic mass is 19.3. The number of aliphatic hydroxyl groups excluding tert-OH is 1. The zero-order valence-electron chi connectivity index (χ0n) is 14.3. The number of alkyl halides is 2. The van der Waals surface area contributed by atoms with E-state index in [9.17, 15) is 13.9 Å². The molecule has 2 fully saturated rings. The smallest absolute Gasteiger partial charge is 0.387 e. The molecule has 0 aliphatic heterocycles. The van der Waals surface area contributed by atoms with Crippen LogP contribution in [0.4, 0.5) is 14.6 Å². The number of nitrogens with two attached hydrogens (primary N) is 1. The van der Waals surface area contributed by atoms with E-state index in [-0.39, 0.29) is 17.7 Å². The Morgan fingerprint density at radius 2 is 2.00 bits per heavy atom. The number of aryl methyl sites for hydroxylation is 1. The molecule has 0 aromatic carbocycles. The van der Waals surface area contributed by atoms with Crippen LogP contribution in [0.3, 0.4) is 0 Å². The maximum Gasteiger partial charge on any atom is 0.387 e. The molecule has 3 N–H and O–H groups in total. The zero-order valence-corrected chi connectivity index (χ0v) is 14.3. The Morgan fingerprint density at radius 1 is 1.27 bits per heavy atom. The van der Waals surface area contributed by atoms with Crippen LogP contribution in [0.15, 0.2) is 18.3 Å². The van der Waals surface area contributed by atoms with E-state index in [0.717, 1.165) is 18.5 Å². The van der Waals surface area contributed by atoms with E-state index >= 15 is 0 Å². The summed E-state index contributed by atoms with van der Waals surface area (Å²) < 4.78 is 29.5. The summed E-state index contributed by atoms with van der Waals surface area (Å²) in [7, 11) is 0. The second-order valence-electron chi connectivity index (χ2n) is 6.91. The van der Waals surface area contributed by atoms with Crippen molar-refractivity contribution in [3.05, 3.63) is 29.8 Å². The minimum atomic E-state index is -2.97. The molecule has 6 nitrogen and oxygen atoms in total. The number of nitrogens with zero attached hydrogens (tertiary/aromatic N) is 3. The Bertz CT molecular complexity index is 821.